The quantitative estimate of drug-likeness (QED) is 0.538. The van der Waals surface area contributed by atoms with Crippen LogP contribution in [0.15, 0.2) is 9.64 Å². The van der Waals surface area contributed by atoms with E-state index in [1.807, 2.05) is 6.92 Å². The maximum absolute atomic E-state index is 10.4. The molecule has 11 heavy (non-hydrogen) atoms. The van der Waals surface area contributed by atoms with Crippen LogP contribution in [0, 0.1) is 0 Å². The highest BCUT2D eigenvalue weighted by Gasteiger charge is 2.10. The van der Waals surface area contributed by atoms with E-state index in [2.05, 4.69) is 10.2 Å². The molecule has 0 aromatic carbocycles. The molecule has 1 aromatic heterocycles. The number of aromatic nitrogens is 2. The SMILES string of the molecule is CCSc1nnc(C(=O)Cl)o1. The summed E-state index contributed by atoms with van der Waals surface area (Å²) in [5.41, 5.74) is 0. The van der Waals surface area contributed by atoms with Crippen molar-refractivity contribution in [3.8, 4) is 0 Å². The predicted molar refractivity (Wildman–Crippen MR) is 40.9 cm³/mol. The Morgan fingerprint density at radius 1 is 1.73 bits per heavy atom. The molecule has 1 heterocycles. The molecule has 1 rings (SSSR count). The van der Waals surface area contributed by atoms with Gasteiger partial charge in [-0.3, -0.25) is 4.79 Å². The minimum absolute atomic E-state index is 0.150. The molecular formula is C5H5ClN2O2S. The first-order valence-electron chi connectivity index (χ1n) is 2.90. The Labute approximate surface area is 72.3 Å². The average Bonchev–Trinajstić information content (AvgIpc) is 2.37. The van der Waals surface area contributed by atoms with Gasteiger partial charge in [0, 0.05) is 0 Å². The van der Waals surface area contributed by atoms with Crippen molar-refractivity contribution >= 4 is 28.6 Å². The molecule has 0 N–H and O–H groups in total. The van der Waals surface area contributed by atoms with Gasteiger partial charge in [-0.2, -0.15) is 0 Å². The summed E-state index contributed by atoms with van der Waals surface area (Å²) in [6, 6.07) is 0. The first-order valence-corrected chi connectivity index (χ1v) is 4.26. The van der Waals surface area contributed by atoms with Crippen LogP contribution in [0.3, 0.4) is 0 Å². The van der Waals surface area contributed by atoms with E-state index in [0.29, 0.717) is 5.22 Å². The van der Waals surface area contributed by atoms with Crippen LogP contribution in [-0.2, 0) is 0 Å². The van der Waals surface area contributed by atoms with Gasteiger partial charge in [0.1, 0.15) is 0 Å². The van der Waals surface area contributed by atoms with Gasteiger partial charge >= 0.3 is 11.1 Å². The smallest absolute Gasteiger partial charge is 0.309 e. The average molecular weight is 193 g/mol. The first kappa shape index (κ1) is 8.55. The molecule has 4 nitrogen and oxygen atoms in total. The highest BCUT2D eigenvalue weighted by Crippen LogP contribution is 2.15. The van der Waals surface area contributed by atoms with Crippen LogP contribution in [0.2, 0.25) is 0 Å². The van der Waals surface area contributed by atoms with Crippen molar-refractivity contribution in [1.82, 2.24) is 10.2 Å². The maximum Gasteiger partial charge on any atom is 0.309 e. The van der Waals surface area contributed by atoms with E-state index in [0.717, 1.165) is 5.75 Å². The van der Waals surface area contributed by atoms with Gasteiger partial charge in [0.2, 0.25) is 0 Å². The number of hydrogen-bond donors (Lipinski definition) is 0. The Kier molecular flexibility index (Phi) is 2.90. The second kappa shape index (κ2) is 3.73. The first-order chi connectivity index (χ1) is 5.24. The van der Waals surface area contributed by atoms with E-state index in [4.69, 9.17) is 16.0 Å². The minimum atomic E-state index is -0.722. The van der Waals surface area contributed by atoms with Crippen molar-refractivity contribution in [2.75, 3.05) is 5.75 Å². The lowest BCUT2D eigenvalue weighted by Gasteiger charge is -1.84. The molecule has 0 atom stereocenters. The van der Waals surface area contributed by atoms with Crippen LogP contribution in [-0.4, -0.2) is 21.2 Å². The molecule has 0 unspecified atom stereocenters. The van der Waals surface area contributed by atoms with E-state index >= 15 is 0 Å². The van der Waals surface area contributed by atoms with Crippen LogP contribution in [0.25, 0.3) is 0 Å². The number of nitrogens with zero attached hydrogens (tertiary/aromatic N) is 2. The Morgan fingerprint density at radius 2 is 2.45 bits per heavy atom. The molecule has 0 fully saturated rings. The van der Waals surface area contributed by atoms with Crippen molar-refractivity contribution in [3.05, 3.63) is 5.89 Å². The van der Waals surface area contributed by atoms with Crippen molar-refractivity contribution in [2.45, 2.75) is 12.1 Å². The summed E-state index contributed by atoms with van der Waals surface area (Å²) < 4.78 is 4.84. The third kappa shape index (κ3) is 2.20. The monoisotopic (exact) mass is 192 g/mol. The highest BCUT2D eigenvalue weighted by atomic mass is 35.5. The summed E-state index contributed by atoms with van der Waals surface area (Å²) in [6.45, 7) is 1.94. The van der Waals surface area contributed by atoms with Crippen molar-refractivity contribution in [1.29, 1.82) is 0 Å². The zero-order valence-corrected chi connectivity index (χ0v) is 7.28. The summed E-state index contributed by atoms with van der Waals surface area (Å²) in [7, 11) is 0. The maximum atomic E-state index is 10.4. The molecule has 0 radical (unpaired) electrons. The molecule has 0 saturated carbocycles. The molecule has 0 amide bonds. The van der Waals surface area contributed by atoms with Gasteiger partial charge < -0.3 is 4.42 Å². The van der Waals surface area contributed by atoms with E-state index in [1.165, 1.54) is 11.8 Å². The van der Waals surface area contributed by atoms with Crippen molar-refractivity contribution in [2.24, 2.45) is 0 Å². The van der Waals surface area contributed by atoms with Gasteiger partial charge in [0.05, 0.1) is 0 Å². The lowest BCUT2D eigenvalue weighted by Crippen LogP contribution is -1.86. The fourth-order valence-corrected chi connectivity index (χ4v) is 1.03. The third-order valence-corrected chi connectivity index (χ3v) is 1.70. The Balaban J connectivity index is 2.73. The van der Waals surface area contributed by atoms with E-state index < -0.39 is 5.24 Å². The lowest BCUT2D eigenvalue weighted by molar-refractivity contribution is 0.104. The van der Waals surface area contributed by atoms with Gasteiger partial charge in [-0.1, -0.05) is 18.7 Å². The molecular weight excluding hydrogens is 188 g/mol. The lowest BCUT2D eigenvalue weighted by atomic mass is 10.8. The van der Waals surface area contributed by atoms with Crippen LogP contribution < -0.4 is 0 Å². The number of carbonyl (C=O) groups is 1. The molecule has 0 bridgehead atoms. The standard InChI is InChI=1S/C5H5ClN2O2S/c1-2-11-5-8-7-4(10-5)3(6)9/h2H2,1H3. The van der Waals surface area contributed by atoms with Gasteiger partial charge in [0.15, 0.2) is 0 Å². The number of thioether (sulfide) groups is 1. The normalized spacial score (nSPS) is 10.0. The fraction of sp³-hybridized carbons (Fsp3) is 0.400. The third-order valence-electron chi connectivity index (χ3n) is 0.842. The number of carbonyl (C=O) groups excluding carboxylic acids is 1. The molecule has 0 aliphatic carbocycles. The summed E-state index contributed by atoms with van der Waals surface area (Å²) in [4.78, 5) is 10.4. The number of hydrogen-bond acceptors (Lipinski definition) is 5. The number of halogens is 1. The van der Waals surface area contributed by atoms with Crippen LogP contribution in [0.1, 0.15) is 17.6 Å². The van der Waals surface area contributed by atoms with E-state index in [9.17, 15) is 4.79 Å². The van der Waals surface area contributed by atoms with Gasteiger partial charge in [-0.05, 0) is 17.4 Å². The largest absolute Gasteiger partial charge is 0.408 e. The zero-order valence-electron chi connectivity index (χ0n) is 5.70. The summed E-state index contributed by atoms with van der Waals surface area (Å²) >= 11 is 6.43. The zero-order chi connectivity index (χ0) is 8.27. The van der Waals surface area contributed by atoms with Crippen molar-refractivity contribution in [3.63, 3.8) is 0 Å². The van der Waals surface area contributed by atoms with Gasteiger partial charge in [-0.15, -0.1) is 10.2 Å². The molecule has 0 spiro atoms. The van der Waals surface area contributed by atoms with Gasteiger partial charge in [0.25, 0.3) is 5.22 Å². The molecule has 1 aromatic rings. The summed E-state index contributed by atoms with van der Waals surface area (Å²) in [5.74, 6) is 0.667. The van der Waals surface area contributed by atoms with E-state index in [-0.39, 0.29) is 5.89 Å². The molecule has 60 valence electrons. The molecule has 0 aliphatic rings. The fourth-order valence-electron chi connectivity index (χ4n) is 0.471. The van der Waals surface area contributed by atoms with Crippen molar-refractivity contribution < 1.29 is 9.21 Å². The predicted octanol–water partition coefficient (Wildman–Crippen LogP) is 1.56. The highest BCUT2D eigenvalue weighted by molar-refractivity contribution is 7.99. The van der Waals surface area contributed by atoms with Crippen LogP contribution in [0.5, 0.6) is 0 Å². The van der Waals surface area contributed by atoms with Crippen LogP contribution >= 0.6 is 23.4 Å². The number of rotatable bonds is 3. The summed E-state index contributed by atoms with van der Waals surface area (Å²) in [6.07, 6.45) is 0. The van der Waals surface area contributed by atoms with E-state index in [1.54, 1.807) is 0 Å². The Morgan fingerprint density at radius 3 is 2.91 bits per heavy atom. The minimum Gasteiger partial charge on any atom is -0.408 e. The second-order valence-electron chi connectivity index (χ2n) is 1.58. The van der Waals surface area contributed by atoms with Crippen LogP contribution in [0.4, 0.5) is 0 Å². The van der Waals surface area contributed by atoms with Gasteiger partial charge in [-0.25, -0.2) is 0 Å². The second-order valence-corrected chi connectivity index (χ2v) is 3.14. The molecule has 0 saturated heterocycles. The topological polar surface area (TPSA) is 56.0 Å². The Bertz CT molecular complexity index is 263. The molecule has 6 heteroatoms. The summed E-state index contributed by atoms with van der Waals surface area (Å²) in [5, 5.41) is 6.63. The molecule has 0 aliphatic heterocycles. The Hall–Kier alpha value is -0.550.